The van der Waals surface area contributed by atoms with Crippen molar-refractivity contribution in [3.05, 3.63) is 47.1 Å². The molecule has 7 heteroatoms. The van der Waals surface area contributed by atoms with Gasteiger partial charge in [-0.3, -0.25) is 9.78 Å². The quantitative estimate of drug-likeness (QED) is 0.889. The van der Waals surface area contributed by atoms with Gasteiger partial charge in [0.15, 0.2) is 0 Å². The maximum atomic E-state index is 11.8. The topological polar surface area (TPSA) is 92.4 Å². The number of nitrogens with zero attached hydrogens (tertiary/aromatic N) is 1. The summed E-state index contributed by atoms with van der Waals surface area (Å²) >= 11 is 5.64. The first kappa shape index (κ1) is 12.1. The lowest BCUT2D eigenvalue weighted by atomic mass is 10.2. The molecular weight excluding hydrogens is 260 g/mol. The summed E-state index contributed by atoms with van der Waals surface area (Å²) in [7, 11) is 0. The second kappa shape index (κ2) is 4.89. The molecule has 0 fully saturated rings. The highest BCUT2D eigenvalue weighted by atomic mass is 35.5. The van der Waals surface area contributed by atoms with Crippen LogP contribution < -0.4 is 5.32 Å². The van der Waals surface area contributed by atoms with Gasteiger partial charge in [-0.25, -0.2) is 4.79 Å². The molecule has 2 aromatic heterocycles. The number of carboxylic acids is 1. The van der Waals surface area contributed by atoms with Gasteiger partial charge in [0.2, 0.25) is 5.22 Å². The van der Waals surface area contributed by atoms with Crippen LogP contribution in [0.1, 0.15) is 20.7 Å². The van der Waals surface area contributed by atoms with E-state index in [2.05, 4.69) is 10.3 Å². The highest BCUT2D eigenvalue weighted by Gasteiger charge is 2.16. The molecule has 2 rings (SSSR count). The first-order chi connectivity index (χ1) is 8.59. The zero-order valence-corrected chi connectivity index (χ0v) is 9.64. The number of furan rings is 1. The molecule has 0 saturated heterocycles. The zero-order chi connectivity index (χ0) is 13.1. The molecule has 2 heterocycles. The fraction of sp³-hybridized carbons (Fsp3) is 0. The molecule has 2 N–H and O–H groups in total. The summed E-state index contributed by atoms with van der Waals surface area (Å²) in [6.45, 7) is 0. The van der Waals surface area contributed by atoms with Gasteiger partial charge in [0.1, 0.15) is 0 Å². The van der Waals surface area contributed by atoms with Crippen LogP contribution in [0.25, 0.3) is 0 Å². The first-order valence-corrected chi connectivity index (χ1v) is 5.19. The molecule has 0 atom stereocenters. The van der Waals surface area contributed by atoms with Gasteiger partial charge in [0.05, 0.1) is 29.3 Å². The van der Waals surface area contributed by atoms with Gasteiger partial charge in [0.25, 0.3) is 5.91 Å². The van der Waals surface area contributed by atoms with Gasteiger partial charge in [-0.05, 0) is 23.7 Å². The molecule has 0 saturated carbocycles. The smallest absolute Gasteiger partial charge is 0.337 e. The SMILES string of the molecule is O=C(O)c1ccncc1NC(=O)c1ccoc1Cl. The summed E-state index contributed by atoms with van der Waals surface area (Å²) in [5.41, 5.74) is 0.155. The van der Waals surface area contributed by atoms with Gasteiger partial charge in [0, 0.05) is 6.20 Å². The minimum Gasteiger partial charge on any atom is -0.478 e. The molecule has 0 aliphatic rings. The Morgan fingerprint density at radius 1 is 1.33 bits per heavy atom. The van der Waals surface area contributed by atoms with Crippen molar-refractivity contribution in [3.63, 3.8) is 0 Å². The Morgan fingerprint density at radius 2 is 2.11 bits per heavy atom. The van der Waals surface area contributed by atoms with Gasteiger partial charge >= 0.3 is 5.97 Å². The average Bonchev–Trinajstić information content (AvgIpc) is 2.76. The van der Waals surface area contributed by atoms with E-state index < -0.39 is 11.9 Å². The second-order valence-electron chi connectivity index (χ2n) is 3.29. The number of hydrogen-bond acceptors (Lipinski definition) is 4. The number of amides is 1. The molecule has 1 amide bonds. The zero-order valence-electron chi connectivity index (χ0n) is 8.88. The van der Waals surface area contributed by atoms with Crippen molar-refractivity contribution in [2.75, 3.05) is 5.32 Å². The number of anilines is 1. The number of carbonyl (C=O) groups excluding carboxylic acids is 1. The minimum absolute atomic E-state index is 0.0574. The Morgan fingerprint density at radius 3 is 2.72 bits per heavy atom. The predicted molar refractivity (Wildman–Crippen MR) is 62.9 cm³/mol. The van der Waals surface area contributed by atoms with Crippen LogP contribution in [-0.4, -0.2) is 22.0 Å². The van der Waals surface area contributed by atoms with Crippen molar-refractivity contribution < 1.29 is 19.1 Å². The molecule has 0 spiro atoms. The van der Waals surface area contributed by atoms with Crippen LogP contribution in [0.4, 0.5) is 5.69 Å². The molecule has 92 valence electrons. The number of rotatable bonds is 3. The van der Waals surface area contributed by atoms with E-state index >= 15 is 0 Å². The van der Waals surface area contributed by atoms with E-state index in [1.54, 1.807) is 0 Å². The van der Waals surface area contributed by atoms with Crippen LogP contribution >= 0.6 is 11.6 Å². The van der Waals surface area contributed by atoms with Crippen molar-refractivity contribution in [2.45, 2.75) is 0 Å². The number of carbonyl (C=O) groups is 2. The van der Waals surface area contributed by atoms with Gasteiger partial charge in [-0.1, -0.05) is 0 Å². The second-order valence-corrected chi connectivity index (χ2v) is 3.63. The predicted octanol–water partition coefficient (Wildman–Crippen LogP) is 2.28. The van der Waals surface area contributed by atoms with Crippen LogP contribution in [0.15, 0.2) is 35.2 Å². The van der Waals surface area contributed by atoms with Crippen LogP contribution in [-0.2, 0) is 0 Å². The molecule has 6 nitrogen and oxygen atoms in total. The highest BCUT2D eigenvalue weighted by Crippen LogP contribution is 2.20. The Labute approximate surface area is 106 Å². The maximum absolute atomic E-state index is 11.8. The molecule has 0 unspecified atom stereocenters. The fourth-order valence-electron chi connectivity index (χ4n) is 1.33. The minimum atomic E-state index is -1.16. The Kier molecular flexibility index (Phi) is 3.29. The summed E-state index contributed by atoms with van der Waals surface area (Å²) in [4.78, 5) is 26.5. The molecular formula is C11H7ClN2O4. The normalized spacial score (nSPS) is 10.1. The van der Waals surface area contributed by atoms with Gasteiger partial charge < -0.3 is 14.8 Å². The molecule has 0 aliphatic heterocycles. The summed E-state index contributed by atoms with van der Waals surface area (Å²) in [5.74, 6) is -1.73. The Bertz CT molecular complexity index is 609. The molecule has 0 radical (unpaired) electrons. The van der Waals surface area contributed by atoms with Gasteiger partial charge in [-0.2, -0.15) is 0 Å². The van der Waals surface area contributed by atoms with E-state index in [0.29, 0.717) is 0 Å². The molecule has 2 aromatic rings. The maximum Gasteiger partial charge on any atom is 0.337 e. The summed E-state index contributed by atoms with van der Waals surface area (Å²) in [6, 6.07) is 2.67. The van der Waals surface area contributed by atoms with Crippen LogP contribution in [0.3, 0.4) is 0 Å². The fourth-order valence-corrected chi connectivity index (χ4v) is 1.53. The monoisotopic (exact) mass is 266 g/mol. The lowest BCUT2D eigenvalue weighted by molar-refractivity contribution is 0.0698. The summed E-state index contributed by atoms with van der Waals surface area (Å²) in [5, 5.41) is 11.3. The number of aromatic carboxylic acids is 1. The third kappa shape index (κ3) is 2.33. The van der Waals surface area contributed by atoms with E-state index in [4.69, 9.17) is 21.1 Å². The number of pyridine rings is 1. The lowest BCUT2D eigenvalue weighted by Crippen LogP contribution is -2.14. The highest BCUT2D eigenvalue weighted by molar-refractivity contribution is 6.32. The Balaban J connectivity index is 2.28. The number of carboxylic acid groups (broad SMARTS) is 1. The van der Waals surface area contributed by atoms with E-state index in [1.807, 2.05) is 0 Å². The van der Waals surface area contributed by atoms with Crippen LogP contribution in [0, 0.1) is 0 Å². The van der Waals surface area contributed by atoms with Crippen LogP contribution in [0.2, 0.25) is 5.22 Å². The van der Waals surface area contributed by atoms with Crippen molar-refractivity contribution >= 4 is 29.2 Å². The van der Waals surface area contributed by atoms with Crippen molar-refractivity contribution in [3.8, 4) is 0 Å². The van der Waals surface area contributed by atoms with Crippen LogP contribution in [0.5, 0.6) is 0 Å². The summed E-state index contributed by atoms with van der Waals surface area (Å²) in [6.07, 6.45) is 3.83. The first-order valence-electron chi connectivity index (χ1n) is 4.81. The number of hydrogen-bond donors (Lipinski definition) is 2. The molecule has 0 aromatic carbocycles. The van der Waals surface area contributed by atoms with Crippen molar-refractivity contribution in [1.29, 1.82) is 0 Å². The van der Waals surface area contributed by atoms with Gasteiger partial charge in [-0.15, -0.1) is 0 Å². The van der Waals surface area contributed by atoms with E-state index in [0.717, 1.165) is 0 Å². The third-order valence-corrected chi connectivity index (χ3v) is 2.45. The number of halogens is 1. The largest absolute Gasteiger partial charge is 0.478 e. The standard InChI is InChI=1S/C11H7ClN2O4/c12-9-7(2-4-18-9)10(15)14-8-5-13-3-1-6(8)11(16)17/h1-5H,(H,14,15)(H,16,17). The average molecular weight is 267 g/mol. The van der Waals surface area contributed by atoms with E-state index in [9.17, 15) is 9.59 Å². The molecule has 18 heavy (non-hydrogen) atoms. The molecule has 0 bridgehead atoms. The van der Waals surface area contributed by atoms with E-state index in [-0.39, 0.29) is 22.0 Å². The third-order valence-electron chi connectivity index (χ3n) is 2.16. The van der Waals surface area contributed by atoms with Crippen molar-refractivity contribution in [2.24, 2.45) is 0 Å². The lowest BCUT2D eigenvalue weighted by Gasteiger charge is -2.06. The van der Waals surface area contributed by atoms with E-state index in [1.165, 1.54) is 30.8 Å². The molecule has 0 aliphatic carbocycles. The Hall–Kier alpha value is -2.34. The number of aromatic nitrogens is 1. The van der Waals surface area contributed by atoms with Crippen molar-refractivity contribution in [1.82, 2.24) is 4.98 Å². The number of nitrogens with one attached hydrogen (secondary N) is 1. The summed E-state index contributed by atoms with van der Waals surface area (Å²) < 4.78 is 4.77.